The van der Waals surface area contributed by atoms with Crippen LogP contribution in [0.1, 0.15) is 18.1 Å². The smallest absolute Gasteiger partial charge is 0.0412 e. The third-order valence-electron chi connectivity index (χ3n) is 3.19. The maximum absolute atomic E-state index is 6.06. The lowest BCUT2D eigenvalue weighted by molar-refractivity contribution is 1.20. The van der Waals surface area contributed by atoms with E-state index in [9.17, 15) is 0 Å². The first-order chi connectivity index (χ1) is 8.24. The fourth-order valence-corrected chi connectivity index (χ4v) is 2.63. The van der Waals surface area contributed by atoms with Crippen LogP contribution >= 0.6 is 11.6 Å². The predicted molar refractivity (Wildman–Crippen MR) is 74.2 cm³/mol. The molecule has 0 heterocycles. The van der Waals surface area contributed by atoms with Gasteiger partial charge in [0.15, 0.2) is 0 Å². The molecule has 84 valence electrons. The molecule has 0 N–H and O–H groups in total. The molecule has 0 unspecified atom stereocenters. The molecule has 0 spiro atoms. The Balaban J connectivity index is 2.20. The lowest BCUT2D eigenvalue weighted by atomic mass is 9.97. The van der Waals surface area contributed by atoms with Crippen molar-refractivity contribution in [1.82, 2.24) is 0 Å². The summed E-state index contributed by atoms with van der Waals surface area (Å²) in [6.45, 7) is 2.18. The SMILES string of the molecule is CC1=Cc2c(cccc2-c2cccc(Cl)c2)C1. The van der Waals surface area contributed by atoms with E-state index >= 15 is 0 Å². The Labute approximate surface area is 107 Å². The highest BCUT2D eigenvalue weighted by atomic mass is 35.5. The Morgan fingerprint density at radius 2 is 1.88 bits per heavy atom. The molecule has 0 saturated heterocycles. The standard InChI is InChI=1S/C16H13Cl/c1-11-8-12-5-3-7-15(16(12)9-11)13-4-2-6-14(17)10-13/h2-7,9-10H,8H2,1H3. The van der Waals surface area contributed by atoms with E-state index < -0.39 is 0 Å². The number of hydrogen-bond acceptors (Lipinski definition) is 0. The molecule has 1 heteroatoms. The molecule has 0 amide bonds. The third kappa shape index (κ3) is 1.89. The molecule has 0 radical (unpaired) electrons. The quantitative estimate of drug-likeness (QED) is 0.661. The minimum Gasteiger partial charge on any atom is -0.0843 e. The zero-order chi connectivity index (χ0) is 11.8. The second-order valence-corrected chi connectivity index (χ2v) is 4.99. The van der Waals surface area contributed by atoms with Crippen LogP contribution in [0.4, 0.5) is 0 Å². The second kappa shape index (κ2) is 4.05. The van der Waals surface area contributed by atoms with Gasteiger partial charge in [0, 0.05) is 5.02 Å². The highest BCUT2D eigenvalue weighted by Gasteiger charge is 2.13. The number of rotatable bonds is 1. The van der Waals surface area contributed by atoms with Crippen molar-refractivity contribution in [3.05, 3.63) is 64.2 Å². The number of benzene rings is 2. The van der Waals surface area contributed by atoms with E-state index in [2.05, 4.69) is 37.3 Å². The molecule has 0 saturated carbocycles. The van der Waals surface area contributed by atoms with Crippen molar-refractivity contribution in [3.8, 4) is 11.1 Å². The molecule has 0 aromatic heterocycles. The normalized spacial score (nSPS) is 13.4. The molecule has 0 nitrogen and oxygen atoms in total. The van der Waals surface area contributed by atoms with Crippen LogP contribution in [-0.2, 0) is 6.42 Å². The van der Waals surface area contributed by atoms with Crippen LogP contribution in [0.5, 0.6) is 0 Å². The van der Waals surface area contributed by atoms with Crippen molar-refractivity contribution < 1.29 is 0 Å². The zero-order valence-electron chi connectivity index (χ0n) is 9.70. The van der Waals surface area contributed by atoms with Crippen LogP contribution in [0.15, 0.2) is 48.0 Å². The van der Waals surface area contributed by atoms with Gasteiger partial charge in [-0.3, -0.25) is 0 Å². The van der Waals surface area contributed by atoms with E-state index in [4.69, 9.17) is 11.6 Å². The summed E-state index contributed by atoms with van der Waals surface area (Å²) >= 11 is 6.06. The summed E-state index contributed by atoms with van der Waals surface area (Å²) in [6.07, 6.45) is 3.36. The summed E-state index contributed by atoms with van der Waals surface area (Å²) in [5, 5.41) is 0.791. The fourth-order valence-electron chi connectivity index (χ4n) is 2.44. The monoisotopic (exact) mass is 240 g/mol. The van der Waals surface area contributed by atoms with Gasteiger partial charge in [0.05, 0.1) is 0 Å². The lowest BCUT2D eigenvalue weighted by Crippen LogP contribution is -1.86. The maximum Gasteiger partial charge on any atom is 0.0412 e. The van der Waals surface area contributed by atoms with Gasteiger partial charge in [-0.15, -0.1) is 0 Å². The lowest BCUT2D eigenvalue weighted by Gasteiger charge is -2.08. The summed E-state index contributed by atoms with van der Waals surface area (Å²) in [5.41, 5.74) is 6.67. The molecule has 3 rings (SSSR count). The van der Waals surface area contributed by atoms with Crippen LogP contribution in [-0.4, -0.2) is 0 Å². The summed E-state index contributed by atoms with van der Waals surface area (Å²) in [6, 6.07) is 14.6. The zero-order valence-corrected chi connectivity index (χ0v) is 10.5. The highest BCUT2D eigenvalue weighted by molar-refractivity contribution is 6.30. The minimum absolute atomic E-state index is 0.791. The van der Waals surface area contributed by atoms with Gasteiger partial charge in [-0.25, -0.2) is 0 Å². The Bertz CT molecular complexity index is 609. The van der Waals surface area contributed by atoms with Crippen LogP contribution < -0.4 is 0 Å². The Hall–Kier alpha value is -1.53. The van der Waals surface area contributed by atoms with Crippen LogP contribution in [0.25, 0.3) is 17.2 Å². The van der Waals surface area contributed by atoms with Crippen LogP contribution in [0, 0.1) is 0 Å². The molecular formula is C16H13Cl. The van der Waals surface area contributed by atoms with Gasteiger partial charge >= 0.3 is 0 Å². The summed E-state index contributed by atoms with van der Waals surface area (Å²) < 4.78 is 0. The molecule has 2 aromatic rings. The number of hydrogen-bond donors (Lipinski definition) is 0. The van der Waals surface area contributed by atoms with Crippen molar-refractivity contribution in [3.63, 3.8) is 0 Å². The van der Waals surface area contributed by atoms with E-state index in [0.29, 0.717) is 0 Å². The van der Waals surface area contributed by atoms with Crippen molar-refractivity contribution in [2.75, 3.05) is 0 Å². The van der Waals surface area contributed by atoms with Crippen LogP contribution in [0.2, 0.25) is 5.02 Å². The number of allylic oxidation sites excluding steroid dienone is 1. The topological polar surface area (TPSA) is 0 Å². The molecule has 0 bridgehead atoms. The molecule has 17 heavy (non-hydrogen) atoms. The van der Waals surface area contributed by atoms with Crippen molar-refractivity contribution in [2.45, 2.75) is 13.3 Å². The van der Waals surface area contributed by atoms with E-state index in [1.54, 1.807) is 0 Å². The van der Waals surface area contributed by atoms with E-state index in [-0.39, 0.29) is 0 Å². The summed E-state index contributed by atoms with van der Waals surface area (Å²) in [4.78, 5) is 0. The van der Waals surface area contributed by atoms with Gasteiger partial charge in [-0.2, -0.15) is 0 Å². The summed E-state index contributed by atoms with van der Waals surface area (Å²) in [5.74, 6) is 0. The molecule has 1 aliphatic rings. The average molecular weight is 241 g/mol. The van der Waals surface area contributed by atoms with E-state index in [1.165, 1.54) is 27.8 Å². The molecule has 1 aliphatic carbocycles. The number of fused-ring (bicyclic) bond motifs is 1. The van der Waals surface area contributed by atoms with Gasteiger partial charge in [0.25, 0.3) is 0 Å². The van der Waals surface area contributed by atoms with E-state index in [0.717, 1.165) is 11.4 Å². The third-order valence-corrected chi connectivity index (χ3v) is 3.43. The number of halogens is 1. The minimum atomic E-state index is 0.791. The van der Waals surface area contributed by atoms with Crippen molar-refractivity contribution >= 4 is 17.7 Å². The summed E-state index contributed by atoms with van der Waals surface area (Å²) in [7, 11) is 0. The maximum atomic E-state index is 6.06. The van der Waals surface area contributed by atoms with Gasteiger partial charge < -0.3 is 0 Å². The fraction of sp³-hybridized carbons (Fsp3) is 0.125. The Morgan fingerprint density at radius 3 is 2.71 bits per heavy atom. The molecule has 0 fully saturated rings. The highest BCUT2D eigenvalue weighted by Crippen LogP contribution is 2.34. The van der Waals surface area contributed by atoms with Gasteiger partial charge in [0.2, 0.25) is 0 Å². The molecular weight excluding hydrogens is 228 g/mol. The van der Waals surface area contributed by atoms with Crippen molar-refractivity contribution in [2.24, 2.45) is 0 Å². The predicted octanol–water partition coefficient (Wildman–Crippen LogP) is 4.97. The average Bonchev–Trinajstić information content (AvgIpc) is 2.68. The van der Waals surface area contributed by atoms with Crippen molar-refractivity contribution in [1.29, 1.82) is 0 Å². The second-order valence-electron chi connectivity index (χ2n) is 4.56. The Morgan fingerprint density at radius 1 is 1.06 bits per heavy atom. The molecule has 0 aliphatic heterocycles. The largest absolute Gasteiger partial charge is 0.0843 e. The van der Waals surface area contributed by atoms with Crippen LogP contribution in [0.3, 0.4) is 0 Å². The molecule has 0 atom stereocenters. The first kappa shape index (κ1) is 10.6. The molecule has 2 aromatic carbocycles. The first-order valence-electron chi connectivity index (χ1n) is 5.79. The van der Waals surface area contributed by atoms with Gasteiger partial charge in [-0.05, 0) is 47.7 Å². The Kier molecular flexibility index (Phi) is 2.53. The van der Waals surface area contributed by atoms with Gasteiger partial charge in [-0.1, -0.05) is 53.6 Å². The first-order valence-corrected chi connectivity index (χ1v) is 6.17. The van der Waals surface area contributed by atoms with E-state index in [1.807, 2.05) is 18.2 Å². The van der Waals surface area contributed by atoms with Gasteiger partial charge in [0.1, 0.15) is 0 Å².